The van der Waals surface area contributed by atoms with Gasteiger partial charge in [0.25, 0.3) is 0 Å². The minimum Gasteiger partial charge on any atom is -0.206 e. The Labute approximate surface area is 149 Å². The molecule has 1 heteroatoms. The molecular weight excluding hydrogens is 295 g/mol. The minimum atomic E-state index is 0.0161. The summed E-state index contributed by atoms with van der Waals surface area (Å²) in [7, 11) is 0. The van der Waals surface area contributed by atoms with E-state index in [1.165, 1.54) is 38.5 Å². The van der Waals surface area contributed by atoms with E-state index in [1.54, 1.807) is 6.08 Å². The van der Waals surface area contributed by atoms with Gasteiger partial charge in [0.05, 0.1) is 0 Å². The molecule has 0 atom stereocenters. The van der Waals surface area contributed by atoms with Crippen LogP contribution in [0.2, 0.25) is 0 Å². The van der Waals surface area contributed by atoms with Gasteiger partial charge >= 0.3 is 0 Å². The van der Waals surface area contributed by atoms with Gasteiger partial charge in [-0.15, -0.1) is 0 Å². The molecule has 0 aromatic heterocycles. The van der Waals surface area contributed by atoms with Crippen molar-refractivity contribution in [1.29, 1.82) is 0 Å². The average Bonchev–Trinajstić information content (AvgIpc) is 2.57. The summed E-state index contributed by atoms with van der Waals surface area (Å²) in [4.78, 5) is 0. The normalized spacial score (nSPS) is 32.0. The van der Waals surface area contributed by atoms with E-state index in [9.17, 15) is 0 Å². The van der Waals surface area contributed by atoms with Crippen molar-refractivity contribution in [2.75, 3.05) is 0 Å². The Balaban J connectivity index is 2.02. The summed E-state index contributed by atoms with van der Waals surface area (Å²) >= 11 is 0. The van der Waals surface area contributed by atoms with Gasteiger partial charge in [0.15, 0.2) is 0 Å². The fraction of sp³-hybridized carbons (Fsp3) is 0.739. The van der Waals surface area contributed by atoms with Gasteiger partial charge in [0.2, 0.25) is 0 Å². The van der Waals surface area contributed by atoms with Crippen LogP contribution in [0.5, 0.6) is 0 Å². The van der Waals surface area contributed by atoms with Crippen molar-refractivity contribution in [3.63, 3.8) is 0 Å². The van der Waals surface area contributed by atoms with Crippen molar-refractivity contribution in [1.82, 2.24) is 0 Å². The summed E-state index contributed by atoms with van der Waals surface area (Å²) < 4.78 is 15.0. The van der Waals surface area contributed by atoms with Gasteiger partial charge < -0.3 is 0 Å². The molecule has 136 valence electrons. The van der Waals surface area contributed by atoms with E-state index in [2.05, 4.69) is 13.5 Å². The third-order valence-corrected chi connectivity index (χ3v) is 6.63. The lowest BCUT2D eigenvalue weighted by Crippen LogP contribution is -2.25. The Morgan fingerprint density at radius 1 is 0.958 bits per heavy atom. The largest absolute Gasteiger partial charge is 0.206 e. The second-order valence-electron chi connectivity index (χ2n) is 8.44. The van der Waals surface area contributed by atoms with E-state index in [0.29, 0.717) is 5.92 Å². The van der Waals surface area contributed by atoms with Crippen LogP contribution in [0.4, 0.5) is 4.39 Å². The molecule has 0 radical (unpaired) electrons. The molecular formula is C23H37F. The SMILES string of the molecule is C=C/C(=C(/F)C(CC)=C(C)C)C1CCC(C2CCC(C)CC2)CC1. The Morgan fingerprint density at radius 2 is 1.46 bits per heavy atom. The van der Waals surface area contributed by atoms with Crippen LogP contribution >= 0.6 is 0 Å². The van der Waals surface area contributed by atoms with Crippen LogP contribution < -0.4 is 0 Å². The second-order valence-corrected chi connectivity index (χ2v) is 8.44. The Kier molecular flexibility index (Phi) is 7.32. The number of hydrogen-bond donors (Lipinski definition) is 0. The molecule has 2 fully saturated rings. The third-order valence-electron chi connectivity index (χ3n) is 6.63. The number of halogens is 1. The zero-order chi connectivity index (χ0) is 17.7. The second kappa shape index (κ2) is 9.02. The van der Waals surface area contributed by atoms with E-state index in [-0.39, 0.29) is 5.83 Å². The highest BCUT2D eigenvalue weighted by Crippen LogP contribution is 2.44. The third kappa shape index (κ3) is 4.61. The molecule has 2 aliphatic carbocycles. The summed E-state index contributed by atoms with van der Waals surface area (Å²) in [6.07, 6.45) is 13.1. The summed E-state index contributed by atoms with van der Waals surface area (Å²) in [5, 5.41) is 0. The fourth-order valence-corrected chi connectivity index (χ4v) is 5.00. The van der Waals surface area contributed by atoms with Gasteiger partial charge in [-0.25, -0.2) is 4.39 Å². The summed E-state index contributed by atoms with van der Waals surface area (Å²) in [6, 6.07) is 0. The van der Waals surface area contributed by atoms with Gasteiger partial charge in [-0.1, -0.05) is 44.9 Å². The molecule has 0 aliphatic heterocycles. The number of hydrogen-bond acceptors (Lipinski definition) is 0. The predicted octanol–water partition coefficient (Wildman–Crippen LogP) is 7.78. The summed E-state index contributed by atoms with van der Waals surface area (Å²) in [6.45, 7) is 12.4. The molecule has 0 nitrogen and oxygen atoms in total. The molecule has 2 saturated carbocycles. The number of allylic oxidation sites excluding steroid dienone is 5. The maximum Gasteiger partial charge on any atom is 0.129 e. The first-order valence-electron chi connectivity index (χ1n) is 10.2. The Morgan fingerprint density at radius 3 is 1.88 bits per heavy atom. The van der Waals surface area contributed by atoms with Gasteiger partial charge in [0.1, 0.15) is 5.83 Å². The topological polar surface area (TPSA) is 0 Å². The van der Waals surface area contributed by atoms with Gasteiger partial charge in [-0.3, -0.25) is 0 Å². The first-order chi connectivity index (χ1) is 11.5. The van der Waals surface area contributed by atoms with Crippen molar-refractivity contribution in [3.05, 3.63) is 35.2 Å². The average molecular weight is 333 g/mol. The Bertz CT molecular complexity index is 476. The number of rotatable bonds is 5. The first-order valence-corrected chi connectivity index (χ1v) is 10.2. The highest BCUT2D eigenvalue weighted by Gasteiger charge is 2.31. The van der Waals surface area contributed by atoms with Crippen LogP contribution in [-0.4, -0.2) is 0 Å². The lowest BCUT2D eigenvalue weighted by atomic mass is 9.68. The molecule has 0 aromatic rings. The standard InChI is InChI=1S/C23H37F/c1-6-21(16(3)4)23(24)22(7-2)20-14-12-19(13-15-20)18-10-8-17(5)9-11-18/h7,17-20H,2,6,8-15H2,1,3-5H3/b23-22-. The zero-order valence-electron chi connectivity index (χ0n) is 16.3. The van der Waals surface area contributed by atoms with Gasteiger partial charge in [-0.05, 0) is 93.6 Å². The van der Waals surface area contributed by atoms with Crippen molar-refractivity contribution in [2.45, 2.75) is 85.5 Å². The quantitative estimate of drug-likeness (QED) is 0.451. The van der Waals surface area contributed by atoms with Crippen LogP contribution in [-0.2, 0) is 0 Å². The first kappa shape index (κ1) is 19.5. The van der Waals surface area contributed by atoms with E-state index in [0.717, 1.165) is 53.7 Å². The van der Waals surface area contributed by atoms with Crippen LogP contribution in [0.1, 0.15) is 85.5 Å². The monoisotopic (exact) mass is 332 g/mol. The molecule has 2 rings (SSSR count). The molecule has 0 unspecified atom stereocenters. The van der Waals surface area contributed by atoms with E-state index in [4.69, 9.17) is 0 Å². The minimum absolute atomic E-state index is 0.0161. The van der Waals surface area contributed by atoms with Gasteiger partial charge in [0, 0.05) is 0 Å². The van der Waals surface area contributed by atoms with Crippen molar-refractivity contribution in [3.8, 4) is 0 Å². The van der Waals surface area contributed by atoms with Crippen LogP contribution in [0.15, 0.2) is 35.2 Å². The van der Waals surface area contributed by atoms with Crippen molar-refractivity contribution < 1.29 is 4.39 Å². The van der Waals surface area contributed by atoms with Crippen LogP contribution in [0.3, 0.4) is 0 Å². The Hall–Kier alpha value is -0.850. The van der Waals surface area contributed by atoms with E-state index < -0.39 is 0 Å². The molecule has 0 heterocycles. The van der Waals surface area contributed by atoms with E-state index >= 15 is 4.39 Å². The van der Waals surface area contributed by atoms with Crippen molar-refractivity contribution in [2.24, 2.45) is 23.7 Å². The maximum absolute atomic E-state index is 15.0. The van der Waals surface area contributed by atoms with Gasteiger partial charge in [-0.2, -0.15) is 0 Å². The molecule has 0 amide bonds. The molecule has 0 saturated heterocycles. The van der Waals surface area contributed by atoms with Crippen molar-refractivity contribution >= 4 is 0 Å². The molecule has 0 spiro atoms. The van der Waals surface area contributed by atoms with E-state index in [1.807, 2.05) is 20.8 Å². The molecule has 0 aromatic carbocycles. The smallest absolute Gasteiger partial charge is 0.129 e. The predicted molar refractivity (Wildman–Crippen MR) is 104 cm³/mol. The zero-order valence-corrected chi connectivity index (χ0v) is 16.3. The molecule has 24 heavy (non-hydrogen) atoms. The fourth-order valence-electron chi connectivity index (χ4n) is 5.00. The van der Waals surface area contributed by atoms with Crippen LogP contribution in [0.25, 0.3) is 0 Å². The lowest BCUT2D eigenvalue weighted by molar-refractivity contribution is 0.158. The molecule has 2 aliphatic rings. The summed E-state index contributed by atoms with van der Waals surface area (Å²) in [5.41, 5.74) is 2.86. The van der Waals surface area contributed by atoms with Crippen LogP contribution in [0, 0.1) is 23.7 Å². The highest BCUT2D eigenvalue weighted by molar-refractivity contribution is 5.38. The highest BCUT2D eigenvalue weighted by atomic mass is 19.1. The molecule has 0 bridgehead atoms. The maximum atomic E-state index is 15.0. The lowest BCUT2D eigenvalue weighted by Gasteiger charge is -2.37. The summed E-state index contributed by atoms with van der Waals surface area (Å²) in [5.74, 6) is 3.15. The molecule has 0 N–H and O–H groups in total.